The number of hydrogen-bond acceptors (Lipinski definition) is 5. The van der Waals surface area contributed by atoms with Crippen LogP contribution >= 0.6 is 0 Å². The minimum Gasteiger partial charge on any atom is -0.478 e. The van der Waals surface area contributed by atoms with Crippen LogP contribution in [0.15, 0.2) is 54.6 Å². The van der Waals surface area contributed by atoms with Crippen LogP contribution in [0.2, 0.25) is 0 Å². The van der Waals surface area contributed by atoms with Crippen molar-refractivity contribution in [1.82, 2.24) is 14.5 Å². The summed E-state index contributed by atoms with van der Waals surface area (Å²) in [6.45, 7) is 4.21. The lowest BCUT2D eigenvalue weighted by atomic mass is 10.0. The summed E-state index contributed by atoms with van der Waals surface area (Å²) in [4.78, 5) is 43.2. The number of aromatic carboxylic acids is 1. The van der Waals surface area contributed by atoms with Crippen molar-refractivity contribution in [2.24, 2.45) is 0 Å². The lowest BCUT2D eigenvalue weighted by Crippen LogP contribution is -2.22. The molecule has 2 aliphatic heterocycles. The van der Waals surface area contributed by atoms with Crippen molar-refractivity contribution in [3.05, 3.63) is 77.2 Å². The molecule has 3 N–H and O–H groups in total. The summed E-state index contributed by atoms with van der Waals surface area (Å²) < 4.78 is 1.93. The number of fused-ring (bicyclic) bond motifs is 1. The number of pyridine rings is 1. The topological polar surface area (TPSA) is 134 Å². The van der Waals surface area contributed by atoms with Crippen LogP contribution in [0.5, 0.6) is 0 Å². The maximum atomic E-state index is 11.7. The zero-order chi connectivity index (χ0) is 24.4. The normalized spacial score (nSPS) is 10.9. The second kappa shape index (κ2) is 9.14. The van der Waals surface area contributed by atoms with Gasteiger partial charge >= 0.3 is 17.8 Å². The molecule has 4 rings (SSSR count). The van der Waals surface area contributed by atoms with Gasteiger partial charge in [0.05, 0.1) is 5.56 Å². The number of para-hydroxylation sites is 1. The van der Waals surface area contributed by atoms with Crippen LogP contribution in [0.1, 0.15) is 34.4 Å². The lowest BCUT2D eigenvalue weighted by Gasteiger charge is -2.17. The van der Waals surface area contributed by atoms with E-state index in [4.69, 9.17) is 5.11 Å². The van der Waals surface area contributed by atoms with E-state index in [1.807, 2.05) is 42.7 Å². The molecule has 9 heteroatoms. The molecule has 0 aliphatic carbocycles. The van der Waals surface area contributed by atoms with E-state index in [9.17, 15) is 19.5 Å². The number of nitrogens with one attached hydrogen (secondary N) is 1. The number of amides is 1. The number of imidazole rings is 1. The molecule has 2 aromatic carbocycles. The highest BCUT2D eigenvalue weighted by Crippen LogP contribution is 2.30. The molecule has 0 unspecified atom stereocenters. The summed E-state index contributed by atoms with van der Waals surface area (Å²) in [7, 11) is 0. The van der Waals surface area contributed by atoms with Crippen molar-refractivity contribution in [2.75, 3.05) is 5.32 Å². The molecule has 0 atom stereocenters. The molecule has 0 spiro atoms. The van der Waals surface area contributed by atoms with Gasteiger partial charge in [0, 0.05) is 29.9 Å². The first-order valence-electron chi connectivity index (χ1n) is 10.6. The molecule has 172 valence electrons. The zero-order valence-electron chi connectivity index (χ0n) is 18.6. The third-order valence-electron chi connectivity index (χ3n) is 5.50. The van der Waals surface area contributed by atoms with E-state index in [0.717, 1.165) is 16.8 Å². The van der Waals surface area contributed by atoms with Gasteiger partial charge in [-0.2, -0.15) is 0 Å². The molecule has 0 saturated heterocycles. The van der Waals surface area contributed by atoms with Gasteiger partial charge in [0.1, 0.15) is 11.5 Å². The Bertz CT molecular complexity index is 1370. The summed E-state index contributed by atoms with van der Waals surface area (Å²) in [6, 6.07) is 16.2. The predicted molar refractivity (Wildman–Crippen MR) is 125 cm³/mol. The van der Waals surface area contributed by atoms with E-state index in [0.29, 0.717) is 41.6 Å². The molecule has 2 heterocycles. The Labute approximate surface area is 195 Å². The average Bonchev–Trinajstić information content (AvgIpc) is 3.26. The van der Waals surface area contributed by atoms with Crippen LogP contribution < -0.4 is 5.32 Å². The smallest absolute Gasteiger partial charge is 0.394 e. The van der Waals surface area contributed by atoms with Crippen molar-refractivity contribution >= 4 is 23.5 Å². The summed E-state index contributed by atoms with van der Waals surface area (Å²) in [5, 5.41) is 20.9. The SMILES string of the molecule is CCc1nc2c(C(=O)O)cc(C)n(Cc3ccc(-c4ccccc4NC(=O)C(=O)O)cc3)c-2n1. The first-order chi connectivity index (χ1) is 16.3. The summed E-state index contributed by atoms with van der Waals surface area (Å²) in [5.41, 5.74) is 4.10. The van der Waals surface area contributed by atoms with Gasteiger partial charge in [-0.25, -0.2) is 19.6 Å². The molecule has 0 saturated carbocycles. The quantitative estimate of drug-likeness (QED) is 0.375. The highest BCUT2D eigenvalue weighted by molar-refractivity contribution is 6.36. The summed E-state index contributed by atoms with van der Waals surface area (Å²) in [6.07, 6.45) is 0.597. The monoisotopic (exact) mass is 458 g/mol. The van der Waals surface area contributed by atoms with Crippen LogP contribution in [0, 0.1) is 6.92 Å². The van der Waals surface area contributed by atoms with Crippen molar-refractivity contribution in [1.29, 1.82) is 0 Å². The number of benzene rings is 2. The maximum Gasteiger partial charge on any atom is 0.394 e. The Kier molecular flexibility index (Phi) is 6.09. The van der Waals surface area contributed by atoms with Gasteiger partial charge in [-0.05, 0) is 30.2 Å². The highest BCUT2D eigenvalue weighted by Gasteiger charge is 2.24. The molecule has 2 aliphatic rings. The van der Waals surface area contributed by atoms with E-state index < -0.39 is 17.8 Å². The van der Waals surface area contributed by atoms with Crippen LogP contribution in [0.3, 0.4) is 0 Å². The van der Waals surface area contributed by atoms with Crippen LogP contribution in [0.25, 0.3) is 22.6 Å². The molecular formula is C25H22N4O5. The molecule has 0 bridgehead atoms. The Morgan fingerprint density at radius 2 is 1.71 bits per heavy atom. The number of aryl methyl sites for hydroxylation is 2. The van der Waals surface area contributed by atoms with Crippen LogP contribution in [0.4, 0.5) is 5.69 Å². The number of carbonyl (C=O) groups excluding carboxylic acids is 1. The number of nitrogens with zero attached hydrogens (tertiary/aromatic N) is 3. The largest absolute Gasteiger partial charge is 0.478 e. The van der Waals surface area contributed by atoms with E-state index in [1.54, 1.807) is 30.3 Å². The number of carbonyl (C=O) groups is 3. The first-order valence-corrected chi connectivity index (χ1v) is 10.6. The number of carboxylic acids is 2. The van der Waals surface area contributed by atoms with Crippen molar-refractivity contribution in [3.8, 4) is 22.6 Å². The second-order valence-corrected chi connectivity index (χ2v) is 7.76. The second-order valence-electron chi connectivity index (χ2n) is 7.76. The van der Waals surface area contributed by atoms with Crippen molar-refractivity contribution in [2.45, 2.75) is 26.8 Å². The first kappa shape index (κ1) is 22.7. The minimum atomic E-state index is -1.56. The van der Waals surface area contributed by atoms with Gasteiger partial charge in [-0.3, -0.25) is 4.79 Å². The molecule has 34 heavy (non-hydrogen) atoms. The third kappa shape index (κ3) is 4.36. The number of rotatable bonds is 6. The van der Waals surface area contributed by atoms with Gasteiger partial charge in [0.15, 0.2) is 5.82 Å². The fraction of sp³-hybridized carbons (Fsp3) is 0.160. The molecular weight excluding hydrogens is 436 g/mol. The molecule has 0 fully saturated rings. The molecule has 1 amide bonds. The summed E-state index contributed by atoms with van der Waals surface area (Å²) >= 11 is 0. The maximum absolute atomic E-state index is 11.7. The van der Waals surface area contributed by atoms with Gasteiger partial charge < -0.3 is 20.1 Å². The van der Waals surface area contributed by atoms with E-state index in [-0.39, 0.29) is 5.56 Å². The van der Waals surface area contributed by atoms with E-state index in [2.05, 4.69) is 15.3 Å². The standard InChI is InChI=1S/C25H22N4O5/c1-3-20-27-21-18(24(31)32)12-14(2)29(22(21)28-20)13-15-8-10-16(11-9-15)17-6-4-5-7-19(17)26-23(30)25(33)34/h4-12H,3,13H2,1-2H3,(H,26,30)(H,31,32)(H,33,34). The Balaban J connectivity index is 1.66. The molecule has 2 aromatic rings. The van der Waals surface area contributed by atoms with Gasteiger partial charge in [-0.15, -0.1) is 0 Å². The van der Waals surface area contributed by atoms with Gasteiger partial charge in [-0.1, -0.05) is 49.4 Å². The molecule has 9 nitrogen and oxygen atoms in total. The number of aliphatic carboxylic acids is 1. The Hall–Kier alpha value is -4.53. The number of carboxylic acid groups (broad SMARTS) is 2. The number of hydrogen-bond donors (Lipinski definition) is 3. The fourth-order valence-electron chi connectivity index (χ4n) is 3.78. The van der Waals surface area contributed by atoms with Crippen LogP contribution in [-0.4, -0.2) is 42.6 Å². The summed E-state index contributed by atoms with van der Waals surface area (Å²) in [5.74, 6) is -2.58. The fourth-order valence-corrected chi connectivity index (χ4v) is 3.78. The number of aromatic nitrogens is 3. The zero-order valence-corrected chi connectivity index (χ0v) is 18.6. The van der Waals surface area contributed by atoms with Gasteiger partial charge in [0.25, 0.3) is 0 Å². The number of anilines is 1. The predicted octanol–water partition coefficient (Wildman–Crippen LogP) is 3.69. The average molecular weight is 458 g/mol. The molecule has 0 radical (unpaired) electrons. The molecule has 0 aromatic heterocycles. The van der Waals surface area contributed by atoms with Crippen LogP contribution in [-0.2, 0) is 22.6 Å². The van der Waals surface area contributed by atoms with E-state index in [1.165, 1.54) is 0 Å². The lowest BCUT2D eigenvalue weighted by molar-refractivity contribution is -0.147. The van der Waals surface area contributed by atoms with Crippen molar-refractivity contribution in [3.63, 3.8) is 0 Å². The van der Waals surface area contributed by atoms with Gasteiger partial charge in [0.2, 0.25) is 0 Å². The van der Waals surface area contributed by atoms with Crippen molar-refractivity contribution < 1.29 is 24.6 Å². The van der Waals surface area contributed by atoms with E-state index >= 15 is 0 Å². The third-order valence-corrected chi connectivity index (χ3v) is 5.50. The highest BCUT2D eigenvalue weighted by atomic mass is 16.4. The Morgan fingerprint density at radius 3 is 2.35 bits per heavy atom. The minimum absolute atomic E-state index is 0.131. The Morgan fingerprint density at radius 1 is 1.00 bits per heavy atom.